The van der Waals surface area contributed by atoms with Gasteiger partial charge in [-0.15, -0.1) is 0 Å². The number of benzene rings is 2. The van der Waals surface area contributed by atoms with E-state index in [1.807, 2.05) is 38.1 Å². The van der Waals surface area contributed by atoms with Gasteiger partial charge in [0.05, 0.1) is 24.7 Å². The van der Waals surface area contributed by atoms with Gasteiger partial charge in [0.25, 0.3) is 0 Å². The van der Waals surface area contributed by atoms with Crippen LogP contribution in [0, 0.1) is 0 Å². The number of hydrogen-bond donors (Lipinski definition) is 1. The van der Waals surface area contributed by atoms with E-state index in [4.69, 9.17) is 9.47 Å². The predicted molar refractivity (Wildman–Crippen MR) is 112 cm³/mol. The molecule has 0 aliphatic heterocycles. The third-order valence-electron chi connectivity index (χ3n) is 4.64. The SMILES string of the molecule is CCOc1ccc(S(=O)(=O)NCCC(=O)N(C)C(C)c2ccccc2OC)cc1. The molecule has 0 saturated heterocycles. The topological polar surface area (TPSA) is 84.9 Å². The van der Waals surface area contributed by atoms with Crippen LogP contribution in [0.25, 0.3) is 0 Å². The molecule has 0 radical (unpaired) electrons. The van der Waals surface area contributed by atoms with Gasteiger partial charge in [-0.2, -0.15) is 0 Å². The highest BCUT2D eigenvalue weighted by Gasteiger charge is 2.21. The Hall–Kier alpha value is -2.58. The van der Waals surface area contributed by atoms with Crippen molar-refractivity contribution in [1.29, 1.82) is 0 Å². The lowest BCUT2D eigenvalue weighted by Crippen LogP contribution is -2.33. The Morgan fingerprint density at radius 2 is 1.79 bits per heavy atom. The summed E-state index contributed by atoms with van der Waals surface area (Å²) < 4.78 is 37.9. The maximum atomic E-state index is 12.5. The molecule has 1 atom stereocenters. The average Bonchev–Trinajstić information content (AvgIpc) is 2.73. The van der Waals surface area contributed by atoms with E-state index in [1.54, 1.807) is 31.2 Å². The van der Waals surface area contributed by atoms with Gasteiger partial charge in [0.2, 0.25) is 15.9 Å². The van der Waals surface area contributed by atoms with E-state index in [1.165, 1.54) is 12.1 Å². The van der Waals surface area contributed by atoms with Gasteiger partial charge >= 0.3 is 0 Å². The number of methoxy groups -OCH3 is 1. The fourth-order valence-corrected chi connectivity index (χ4v) is 3.90. The van der Waals surface area contributed by atoms with Gasteiger partial charge in [-0.25, -0.2) is 13.1 Å². The summed E-state index contributed by atoms with van der Waals surface area (Å²) in [6.07, 6.45) is 0.0479. The molecule has 1 N–H and O–H groups in total. The standard InChI is InChI=1S/C21H28N2O5S/c1-5-28-17-10-12-18(13-11-17)29(25,26)22-15-14-21(24)23(3)16(2)19-8-6-7-9-20(19)27-4/h6-13,16,22H,5,14-15H2,1-4H3. The fourth-order valence-electron chi connectivity index (χ4n) is 2.87. The van der Waals surface area contributed by atoms with Crippen molar-refractivity contribution < 1.29 is 22.7 Å². The summed E-state index contributed by atoms with van der Waals surface area (Å²) in [4.78, 5) is 14.2. The van der Waals surface area contributed by atoms with Crippen molar-refractivity contribution in [3.05, 3.63) is 54.1 Å². The average molecular weight is 421 g/mol. The molecule has 0 spiro atoms. The quantitative estimate of drug-likeness (QED) is 0.639. The Kier molecular flexibility index (Phi) is 8.04. The lowest BCUT2D eigenvalue weighted by Gasteiger charge is -2.26. The molecule has 7 nitrogen and oxygen atoms in total. The second-order valence-electron chi connectivity index (χ2n) is 6.47. The molecule has 2 aromatic carbocycles. The molecular formula is C21H28N2O5S. The lowest BCUT2D eigenvalue weighted by molar-refractivity contribution is -0.131. The number of hydrogen-bond acceptors (Lipinski definition) is 5. The molecule has 1 amide bonds. The minimum atomic E-state index is -3.69. The normalized spacial score (nSPS) is 12.3. The molecule has 8 heteroatoms. The van der Waals surface area contributed by atoms with Crippen molar-refractivity contribution in [3.8, 4) is 11.5 Å². The summed E-state index contributed by atoms with van der Waals surface area (Å²) in [5, 5.41) is 0. The number of nitrogens with zero attached hydrogens (tertiary/aromatic N) is 1. The third-order valence-corrected chi connectivity index (χ3v) is 6.12. The zero-order valence-electron chi connectivity index (χ0n) is 17.2. The number of rotatable bonds is 10. The van der Waals surface area contributed by atoms with Crippen molar-refractivity contribution in [1.82, 2.24) is 9.62 Å². The molecule has 29 heavy (non-hydrogen) atoms. The molecule has 2 aromatic rings. The maximum Gasteiger partial charge on any atom is 0.240 e. The van der Waals surface area contributed by atoms with Crippen LogP contribution in [0.2, 0.25) is 0 Å². The number of para-hydroxylation sites is 1. The highest BCUT2D eigenvalue weighted by molar-refractivity contribution is 7.89. The number of carbonyl (C=O) groups is 1. The molecule has 0 aromatic heterocycles. The first-order chi connectivity index (χ1) is 13.8. The molecule has 0 heterocycles. The molecule has 0 bridgehead atoms. The zero-order chi connectivity index (χ0) is 21.4. The Bertz CT molecular complexity index is 913. The van der Waals surface area contributed by atoms with Crippen LogP contribution in [0.5, 0.6) is 11.5 Å². The molecule has 0 aliphatic rings. The lowest BCUT2D eigenvalue weighted by atomic mass is 10.1. The molecule has 0 aliphatic carbocycles. The van der Waals surface area contributed by atoms with Gasteiger partial charge in [0.15, 0.2) is 0 Å². The van der Waals surface area contributed by atoms with Crippen molar-refractivity contribution in [3.63, 3.8) is 0 Å². The maximum absolute atomic E-state index is 12.5. The van der Waals surface area contributed by atoms with Crippen LogP contribution in [-0.4, -0.2) is 46.5 Å². The third kappa shape index (κ3) is 5.95. The molecule has 1 unspecified atom stereocenters. The van der Waals surface area contributed by atoms with Crippen LogP contribution in [-0.2, 0) is 14.8 Å². The summed E-state index contributed by atoms with van der Waals surface area (Å²) in [5.41, 5.74) is 0.890. The van der Waals surface area contributed by atoms with E-state index in [0.717, 1.165) is 5.56 Å². The molecule has 158 valence electrons. The number of ether oxygens (including phenoxy) is 2. The van der Waals surface area contributed by atoms with Crippen LogP contribution in [0.3, 0.4) is 0 Å². The molecular weight excluding hydrogens is 392 g/mol. The van der Waals surface area contributed by atoms with E-state index < -0.39 is 10.0 Å². The Morgan fingerprint density at radius 3 is 2.41 bits per heavy atom. The van der Waals surface area contributed by atoms with E-state index in [9.17, 15) is 13.2 Å². The smallest absolute Gasteiger partial charge is 0.240 e. The van der Waals surface area contributed by atoms with Crippen molar-refractivity contribution >= 4 is 15.9 Å². The first-order valence-corrected chi connectivity index (χ1v) is 10.9. The van der Waals surface area contributed by atoms with Gasteiger partial charge in [0.1, 0.15) is 11.5 Å². The second kappa shape index (κ2) is 10.3. The van der Waals surface area contributed by atoms with Gasteiger partial charge < -0.3 is 14.4 Å². The van der Waals surface area contributed by atoms with Gasteiger partial charge in [-0.05, 0) is 44.2 Å². The number of amides is 1. The van der Waals surface area contributed by atoms with Crippen LogP contribution in [0.4, 0.5) is 0 Å². The van der Waals surface area contributed by atoms with Crippen molar-refractivity contribution in [2.75, 3.05) is 27.3 Å². The largest absolute Gasteiger partial charge is 0.496 e. The summed E-state index contributed by atoms with van der Waals surface area (Å²) in [7, 11) is -0.412. The minimum Gasteiger partial charge on any atom is -0.496 e. The Labute approximate surface area is 172 Å². The minimum absolute atomic E-state index is 0.0113. The van der Waals surface area contributed by atoms with Gasteiger partial charge in [-0.1, -0.05) is 18.2 Å². The zero-order valence-corrected chi connectivity index (χ0v) is 18.0. The van der Waals surface area contributed by atoms with Crippen molar-refractivity contribution in [2.45, 2.75) is 31.2 Å². The molecule has 2 rings (SSSR count). The number of nitrogens with one attached hydrogen (secondary N) is 1. The van der Waals surface area contributed by atoms with E-state index in [0.29, 0.717) is 18.1 Å². The number of carbonyl (C=O) groups excluding carboxylic acids is 1. The first-order valence-electron chi connectivity index (χ1n) is 9.41. The monoisotopic (exact) mass is 420 g/mol. The van der Waals surface area contributed by atoms with Crippen LogP contribution in [0.15, 0.2) is 53.4 Å². The van der Waals surface area contributed by atoms with E-state index >= 15 is 0 Å². The first kappa shape index (κ1) is 22.7. The Morgan fingerprint density at radius 1 is 1.14 bits per heavy atom. The Balaban J connectivity index is 1.94. The molecule has 0 fully saturated rings. The second-order valence-corrected chi connectivity index (χ2v) is 8.24. The number of sulfonamides is 1. The summed E-state index contributed by atoms with van der Waals surface area (Å²) >= 11 is 0. The van der Waals surface area contributed by atoms with Crippen LogP contribution < -0.4 is 14.2 Å². The highest BCUT2D eigenvalue weighted by Crippen LogP contribution is 2.28. The van der Waals surface area contributed by atoms with Crippen molar-refractivity contribution in [2.24, 2.45) is 0 Å². The summed E-state index contributed by atoms with van der Waals surface area (Å²) in [6.45, 7) is 4.28. The van der Waals surface area contributed by atoms with E-state index in [2.05, 4.69) is 4.72 Å². The predicted octanol–water partition coefficient (Wildman–Crippen LogP) is 2.98. The molecule has 0 saturated carbocycles. The fraction of sp³-hybridized carbons (Fsp3) is 0.381. The van der Waals surface area contributed by atoms with E-state index in [-0.39, 0.29) is 29.8 Å². The van der Waals surface area contributed by atoms with Gasteiger partial charge in [-0.3, -0.25) is 4.79 Å². The highest BCUT2D eigenvalue weighted by atomic mass is 32.2. The summed E-state index contributed by atoms with van der Waals surface area (Å²) in [6, 6.07) is 13.5. The summed E-state index contributed by atoms with van der Waals surface area (Å²) in [5.74, 6) is 1.14. The van der Waals surface area contributed by atoms with Gasteiger partial charge in [0, 0.05) is 25.6 Å². The van der Waals surface area contributed by atoms with Crippen LogP contribution >= 0.6 is 0 Å². The van der Waals surface area contributed by atoms with Crippen LogP contribution in [0.1, 0.15) is 31.9 Å².